The number of rotatable bonds is 10. The third kappa shape index (κ3) is 6.86. The first-order valence-electron chi connectivity index (χ1n) is 8.44. The molecule has 7 nitrogen and oxygen atoms in total. The van der Waals surface area contributed by atoms with Gasteiger partial charge in [-0.1, -0.05) is 38.8 Å². The number of phenolic OH excluding ortho intramolecular Hbond substituents is 1. The van der Waals surface area contributed by atoms with E-state index in [0.717, 1.165) is 25.7 Å². The van der Waals surface area contributed by atoms with Crippen molar-refractivity contribution >= 4 is 15.2 Å². The summed E-state index contributed by atoms with van der Waals surface area (Å²) in [5.41, 5.74) is 1.73. The van der Waals surface area contributed by atoms with E-state index < -0.39 is 27.0 Å². The van der Waals surface area contributed by atoms with Gasteiger partial charge in [-0.2, -0.15) is 0 Å². The van der Waals surface area contributed by atoms with Crippen molar-refractivity contribution in [2.24, 2.45) is 0 Å². The van der Waals surface area contributed by atoms with Crippen molar-refractivity contribution < 1.29 is 33.8 Å². The minimum atomic E-state index is -4.97. The molecule has 9 heteroatoms. The van der Waals surface area contributed by atoms with E-state index in [4.69, 9.17) is 0 Å². The van der Waals surface area contributed by atoms with Gasteiger partial charge >= 0.3 is 15.2 Å². The SMILES string of the molecule is CCCCc1cc(CC(P(=O)(O)O)P(=O)(O)O)cc(CCCC)c1O. The summed E-state index contributed by atoms with van der Waals surface area (Å²) in [5.74, 6) is 0.176. The Morgan fingerprint density at radius 1 is 0.880 bits per heavy atom. The second-order valence-electron chi connectivity index (χ2n) is 6.33. The van der Waals surface area contributed by atoms with Gasteiger partial charge in [0, 0.05) is 0 Å². The summed E-state index contributed by atoms with van der Waals surface area (Å²) in [4.78, 5) is 37.3. The largest absolute Gasteiger partial charge is 0.507 e. The monoisotopic (exact) mass is 394 g/mol. The molecule has 1 aromatic carbocycles. The van der Waals surface area contributed by atoms with Crippen LogP contribution in [0, 0.1) is 0 Å². The summed E-state index contributed by atoms with van der Waals surface area (Å²) in [5, 5.41) is 8.35. The smallest absolute Gasteiger partial charge is 0.341 e. The highest BCUT2D eigenvalue weighted by atomic mass is 31.2. The van der Waals surface area contributed by atoms with E-state index in [9.17, 15) is 33.8 Å². The summed E-state index contributed by atoms with van der Waals surface area (Å²) < 4.78 is 23.0. The fraction of sp³-hybridized carbons (Fsp3) is 0.625. The van der Waals surface area contributed by atoms with Gasteiger partial charge in [0.15, 0.2) is 5.40 Å². The topological polar surface area (TPSA) is 135 Å². The number of hydrogen-bond donors (Lipinski definition) is 5. The number of phenols is 1. The molecule has 0 saturated carbocycles. The minimum Gasteiger partial charge on any atom is -0.507 e. The van der Waals surface area contributed by atoms with Gasteiger partial charge in [0.2, 0.25) is 0 Å². The summed E-state index contributed by atoms with van der Waals surface area (Å²) in [6.45, 7) is 4.02. The molecule has 0 heterocycles. The van der Waals surface area contributed by atoms with Crippen LogP contribution in [-0.2, 0) is 28.4 Å². The Kier molecular flexibility index (Phi) is 8.33. The standard InChI is InChI=1S/C16H28O7P2/c1-3-5-7-13-9-12(10-14(16(13)17)8-6-4-2)11-15(24(18,19)20)25(21,22)23/h9-10,15,17H,3-8,11H2,1-2H3,(H2,18,19,20)(H2,21,22,23). The van der Waals surface area contributed by atoms with Crippen LogP contribution in [0.2, 0.25) is 0 Å². The molecule has 0 aliphatic rings. The van der Waals surface area contributed by atoms with Crippen LogP contribution in [0.4, 0.5) is 0 Å². The fourth-order valence-corrected chi connectivity index (χ4v) is 5.18. The van der Waals surface area contributed by atoms with Crippen molar-refractivity contribution in [2.45, 2.75) is 64.2 Å². The lowest BCUT2D eigenvalue weighted by atomic mass is 9.96. The van der Waals surface area contributed by atoms with E-state index in [1.54, 1.807) is 12.1 Å². The first-order valence-corrected chi connectivity index (χ1v) is 11.8. The van der Waals surface area contributed by atoms with Gasteiger partial charge in [-0.3, -0.25) is 9.13 Å². The average Bonchev–Trinajstić information content (AvgIpc) is 2.48. The molecule has 0 aliphatic heterocycles. The van der Waals surface area contributed by atoms with Gasteiger partial charge in [-0.05, 0) is 48.8 Å². The molecule has 0 aromatic heterocycles. The molecule has 0 fully saturated rings. The predicted molar refractivity (Wildman–Crippen MR) is 96.9 cm³/mol. The summed E-state index contributed by atoms with van der Waals surface area (Å²) in [7, 11) is -9.95. The Hall–Kier alpha value is -0.680. The number of aryl methyl sites for hydroxylation is 2. The van der Waals surface area contributed by atoms with Crippen LogP contribution in [0.5, 0.6) is 5.75 Å². The lowest BCUT2D eigenvalue weighted by Crippen LogP contribution is -2.13. The number of benzene rings is 1. The van der Waals surface area contributed by atoms with E-state index in [2.05, 4.69) is 0 Å². The maximum absolute atomic E-state index is 11.5. The lowest BCUT2D eigenvalue weighted by molar-refractivity contribution is 0.338. The Morgan fingerprint density at radius 2 is 1.28 bits per heavy atom. The quantitative estimate of drug-likeness (QED) is 0.384. The van der Waals surface area contributed by atoms with E-state index >= 15 is 0 Å². The van der Waals surface area contributed by atoms with E-state index in [-0.39, 0.29) is 5.75 Å². The lowest BCUT2D eigenvalue weighted by Gasteiger charge is -2.21. The third-order valence-corrected chi connectivity index (χ3v) is 7.84. The van der Waals surface area contributed by atoms with Crippen LogP contribution in [0.25, 0.3) is 0 Å². The molecule has 1 rings (SSSR count). The van der Waals surface area contributed by atoms with Crippen molar-refractivity contribution in [3.8, 4) is 5.75 Å². The van der Waals surface area contributed by atoms with Gasteiger partial charge in [0.05, 0.1) is 0 Å². The van der Waals surface area contributed by atoms with E-state index in [0.29, 0.717) is 29.5 Å². The molecule has 0 spiro atoms. The predicted octanol–water partition coefficient (Wildman–Crippen LogP) is 3.30. The number of unbranched alkanes of at least 4 members (excludes halogenated alkanes) is 2. The second-order valence-corrected chi connectivity index (χ2v) is 10.3. The number of hydrogen-bond acceptors (Lipinski definition) is 3. The molecule has 0 unspecified atom stereocenters. The number of aromatic hydroxyl groups is 1. The summed E-state index contributed by atoms with van der Waals surface area (Å²) >= 11 is 0. The van der Waals surface area contributed by atoms with Gasteiger partial charge < -0.3 is 24.7 Å². The maximum Gasteiger partial charge on any atom is 0.341 e. The molecule has 1 aromatic rings. The van der Waals surface area contributed by atoms with Gasteiger partial charge in [-0.15, -0.1) is 0 Å². The third-order valence-electron chi connectivity index (χ3n) is 4.12. The Morgan fingerprint density at radius 3 is 1.60 bits per heavy atom. The zero-order valence-corrected chi connectivity index (χ0v) is 16.4. The second kappa shape index (κ2) is 9.31. The normalized spacial score (nSPS) is 12.8. The van der Waals surface area contributed by atoms with Crippen LogP contribution < -0.4 is 0 Å². The van der Waals surface area contributed by atoms with Crippen molar-refractivity contribution in [1.82, 2.24) is 0 Å². The first kappa shape index (κ1) is 22.4. The molecule has 0 radical (unpaired) electrons. The van der Waals surface area contributed by atoms with Crippen LogP contribution >= 0.6 is 15.2 Å². The molecule has 0 bridgehead atoms. The van der Waals surface area contributed by atoms with Crippen molar-refractivity contribution in [3.05, 3.63) is 28.8 Å². The van der Waals surface area contributed by atoms with E-state index in [1.807, 2.05) is 13.8 Å². The van der Waals surface area contributed by atoms with Crippen molar-refractivity contribution in [2.75, 3.05) is 0 Å². The van der Waals surface area contributed by atoms with Crippen LogP contribution in [-0.4, -0.2) is 30.1 Å². The zero-order chi connectivity index (χ0) is 19.3. The highest BCUT2D eigenvalue weighted by Gasteiger charge is 2.43. The molecule has 0 atom stereocenters. The van der Waals surface area contributed by atoms with E-state index in [1.165, 1.54) is 0 Å². The van der Waals surface area contributed by atoms with Crippen LogP contribution in [0.3, 0.4) is 0 Å². The highest BCUT2D eigenvalue weighted by molar-refractivity contribution is 7.70. The summed E-state index contributed by atoms with van der Waals surface area (Å²) in [6, 6.07) is 3.19. The molecular weight excluding hydrogens is 366 g/mol. The highest BCUT2D eigenvalue weighted by Crippen LogP contribution is 2.61. The van der Waals surface area contributed by atoms with Crippen LogP contribution in [0.15, 0.2) is 12.1 Å². The molecule has 0 amide bonds. The molecule has 5 N–H and O–H groups in total. The summed E-state index contributed by atoms with van der Waals surface area (Å²) in [6.07, 6.45) is 4.28. The van der Waals surface area contributed by atoms with Gasteiger partial charge in [-0.25, -0.2) is 0 Å². The average molecular weight is 394 g/mol. The fourth-order valence-electron chi connectivity index (χ4n) is 2.71. The van der Waals surface area contributed by atoms with Crippen molar-refractivity contribution in [3.63, 3.8) is 0 Å². The molecule has 144 valence electrons. The van der Waals surface area contributed by atoms with Crippen LogP contribution in [0.1, 0.15) is 56.2 Å². The molecule has 0 aliphatic carbocycles. The molecule has 0 saturated heterocycles. The minimum absolute atomic E-state index is 0.176. The van der Waals surface area contributed by atoms with Gasteiger partial charge in [0.1, 0.15) is 5.75 Å². The Labute approximate surface area is 148 Å². The first-order chi connectivity index (χ1) is 11.5. The Balaban J connectivity index is 3.28. The Bertz CT molecular complexity index is 611. The molecular formula is C16H28O7P2. The van der Waals surface area contributed by atoms with Gasteiger partial charge in [0.25, 0.3) is 0 Å². The zero-order valence-electron chi connectivity index (χ0n) is 14.6. The molecule has 25 heavy (non-hydrogen) atoms. The maximum atomic E-state index is 11.5. The van der Waals surface area contributed by atoms with Crippen molar-refractivity contribution in [1.29, 1.82) is 0 Å².